The molecule has 0 aromatic heterocycles. The van der Waals surface area contributed by atoms with Gasteiger partial charge >= 0.3 is 0 Å². The van der Waals surface area contributed by atoms with Crippen LogP contribution in [0.5, 0.6) is 0 Å². The molecule has 0 amide bonds. The number of hydrogen-bond acceptors (Lipinski definition) is 3. The Hall–Kier alpha value is -1.12. The van der Waals surface area contributed by atoms with Crippen molar-refractivity contribution >= 4 is 0 Å². The highest BCUT2D eigenvalue weighted by Gasteiger charge is 1.74. The summed E-state index contributed by atoms with van der Waals surface area (Å²) < 4.78 is 4.23. The number of allylic oxidation sites excluding steroid dienone is 2. The summed E-state index contributed by atoms with van der Waals surface area (Å²) >= 11 is 0. The lowest BCUT2D eigenvalue weighted by Gasteiger charge is -2.12. The summed E-state index contributed by atoms with van der Waals surface area (Å²) in [5.74, 6) is -0.899. The molecule has 10 heavy (non-hydrogen) atoms. The SMILES string of the molecule is CC/C=C([O-])/C=C(\[O-])OC. The van der Waals surface area contributed by atoms with Crippen molar-refractivity contribution in [3.05, 3.63) is 23.9 Å². The first kappa shape index (κ1) is 8.88. The first-order valence-corrected chi connectivity index (χ1v) is 3.00. The van der Waals surface area contributed by atoms with Crippen LogP contribution in [0.3, 0.4) is 0 Å². The predicted molar refractivity (Wildman–Crippen MR) is 33.5 cm³/mol. The number of ether oxygens (including phenoxy) is 1. The van der Waals surface area contributed by atoms with E-state index in [1.165, 1.54) is 13.2 Å². The second-order valence-electron chi connectivity index (χ2n) is 1.68. The van der Waals surface area contributed by atoms with Gasteiger partial charge in [0.25, 0.3) is 0 Å². The normalized spacial score (nSPS) is 13.4. The molecule has 58 valence electrons. The fourth-order valence-electron chi connectivity index (χ4n) is 0.435. The molecule has 0 N–H and O–H groups in total. The first-order chi connectivity index (χ1) is 4.70. The maximum absolute atomic E-state index is 10.6. The molecule has 0 spiro atoms. The van der Waals surface area contributed by atoms with Crippen molar-refractivity contribution in [2.24, 2.45) is 0 Å². The fourth-order valence-corrected chi connectivity index (χ4v) is 0.435. The Morgan fingerprint density at radius 2 is 2.10 bits per heavy atom. The molecule has 3 heteroatoms. The van der Waals surface area contributed by atoms with Crippen molar-refractivity contribution in [1.29, 1.82) is 0 Å². The van der Waals surface area contributed by atoms with Gasteiger partial charge in [-0.3, -0.25) is 0 Å². The van der Waals surface area contributed by atoms with Gasteiger partial charge in [-0.25, -0.2) is 0 Å². The Bertz CT molecular complexity index is 147. The highest BCUT2D eigenvalue weighted by Crippen LogP contribution is 1.92. The highest BCUT2D eigenvalue weighted by molar-refractivity contribution is 5.08. The van der Waals surface area contributed by atoms with Gasteiger partial charge in [-0.2, -0.15) is 0 Å². The van der Waals surface area contributed by atoms with E-state index < -0.39 is 5.95 Å². The van der Waals surface area contributed by atoms with Crippen LogP contribution >= 0.6 is 0 Å². The topological polar surface area (TPSA) is 55.3 Å². The van der Waals surface area contributed by atoms with E-state index in [9.17, 15) is 10.2 Å². The molecule has 0 aliphatic carbocycles. The van der Waals surface area contributed by atoms with Gasteiger partial charge in [0.1, 0.15) is 0 Å². The van der Waals surface area contributed by atoms with E-state index in [1.54, 1.807) is 0 Å². The van der Waals surface area contributed by atoms with Gasteiger partial charge < -0.3 is 14.9 Å². The van der Waals surface area contributed by atoms with Crippen LogP contribution in [0, 0.1) is 0 Å². The van der Waals surface area contributed by atoms with Crippen LogP contribution in [0.4, 0.5) is 0 Å². The third-order valence-electron chi connectivity index (χ3n) is 0.867. The smallest absolute Gasteiger partial charge is 0.0503 e. The Morgan fingerprint density at radius 1 is 1.50 bits per heavy atom. The molecule has 0 rings (SSSR count). The number of rotatable bonds is 3. The molecule has 0 aromatic rings. The average molecular weight is 142 g/mol. The lowest BCUT2D eigenvalue weighted by atomic mass is 10.4. The van der Waals surface area contributed by atoms with Gasteiger partial charge in [-0.05, 0) is 19.6 Å². The van der Waals surface area contributed by atoms with Crippen LogP contribution in [0.15, 0.2) is 23.9 Å². The maximum Gasteiger partial charge on any atom is 0.0503 e. The monoisotopic (exact) mass is 142 g/mol. The highest BCUT2D eigenvalue weighted by atomic mass is 16.6. The zero-order chi connectivity index (χ0) is 7.98. The Kier molecular flexibility index (Phi) is 4.20. The van der Waals surface area contributed by atoms with Gasteiger partial charge in [-0.1, -0.05) is 13.0 Å². The van der Waals surface area contributed by atoms with Crippen LogP contribution in [0.1, 0.15) is 13.3 Å². The Morgan fingerprint density at radius 3 is 2.50 bits per heavy atom. The van der Waals surface area contributed by atoms with E-state index in [0.717, 1.165) is 6.08 Å². The molecule has 0 saturated heterocycles. The van der Waals surface area contributed by atoms with Crippen molar-refractivity contribution in [2.45, 2.75) is 13.3 Å². The molecule has 0 heterocycles. The van der Waals surface area contributed by atoms with Crippen molar-refractivity contribution < 1.29 is 14.9 Å². The lowest BCUT2D eigenvalue weighted by molar-refractivity contribution is -0.356. The minimum absolute atomic E-state index is 0.297. The molecule has 0 saturated carbocycles. The average Bonchev–Trinajstić information content (AvgIpc) is 1.88. The molecule has 3 nitrogen and oxygen atoms in total. The third-order valence-corrected chi connectivity index (χ3v) is 0.867. The van der Waals surface area contributed by atoms with E-state index in [-0.39, 0.29) is 5.76 Å². The van der Waals surface area contributed by atoms with Crippen LogP contribution in [-0.4, -0.2) is 7.11 Å². The zero-order valence-electron chi connectivity index (χ0n) is 6.09. The summed E-state index contributed by atoms with van der Waals surface area (Å²) in [6.45, 7) is 1.82. The summed E-state index contributed by atoms with van der Waals surface area (Å²) in [4.78, 5) is 0. The fraction of sp³-hybridized carbons (Fsp3) is 0.429. The molecule has 0 aliphatic heterocycles. The van der Waals surface area contributed by atoms with Crippen molar-refractivity contribution in [2.75, 3.05) is 7.11 Å². The number of methoxy groups -OCH3 is 1. The zero-order valence-corrected chi connectivity index (χ0v) is 6.09. The van der Waals surface area contributed by atoms with Gasteiger partial charge in [0.05, 0.1) is 5.95 Å². The molecule has 0 aliphatic rings. The minimum Gasteiger partial charge on any atom is -0.873 e. The maximum atomic E-state index is 10.6. The van der Waals surface area contributed by atoms with Crippen LogP contribution in [0.25, 0.3) is 0 Å². The van der Waals surface area contributed by atoms with Crippen molar-refractivity contribution in [3.8, 4) is 0 Å². The summed E-state index contributed by atoms with van der Waals surface area (Å²) in [6, 6.07) is 0. The van der Waals surface area contributed by atoms with E-state index in [1.807, 2.05) is 6.92 Å². The minimum atomic E-state index is -0.602. The van der Waals surface area contributed by atoms with Gasteiger partial charge in [0, 0.05) is 0 Å². The molecular formula is C7H10O3-2. The van der Waals surface area contributed by atoms with Crippen molar-refractivity contribution in [1.82, 2.24) is 0 Å². The first-order valence-electron chi connectivity index (χ1n) is 3.00. The van der Waals surface area contributed by atoms with Crippen LogP contribution < -0.4 is 10.2 Å². The molecule has 0 bridgehead atoms. The van der Waals surface area contributed by atoms with E-state index in [4.69, 9.17) is 0 Å². The summed E-state index contributed by atoms with van der Waals surface area (Å²) in [5, 5.41) is 21.0. The van der Waals surface area contributed by atoms with Crippen molar-refractivity contribution in [3.63, 3.8) is 0 Å². The molecule has 0 atom stereocenters. The van der Waals surface area contributed by atoms with Gasteiger partial charge in [0.2, 0.25) is 0 Å². The predicted octanol–water partition coefficient (Wildman–Crippen LogP) is -0.511. The molecule has 0 fully saturated rings. The van der Waals surface area contributed by atoms with E-state index in [2.05, 4.69) is 4.74 Å². The van der Waals surface area contributed by atoms with Gasteiger partial charge in [-0.15, -0.1) is 5.76 Å². The molecule has 0 unspecified atom stereocenters. The number of hydrogen-bond donors (Lipinski definition) is 0. The van der Waals surface area contributed by atoms with E-state index in [0.29, 0.717) is 6.42 Å². The second-order valence-corrected chi connectivity index (χ2v) is 1.68. The summed E-state index contributed by atoms with van der Waals surface area (Å²) in [5.41, 5.74) is 0. The largest absolute Gasteiger partial charge is 0.873 e. The van der Waals surface area contributed by atoms with E-state index >= 15 is 0 Å². The summed E-state index contributed by atoms with van der Waals surface area (Å²) in [7, 11) is 1.23. The van der Waals surface area contributed by atoms with Crippen LogP contribution in [0.2, 0.25) is 0 Å². The Balaban J connectivity index is 3.98. The Labute approximate surface area is 60.3 Å². The quantitative estimate of drug-likeness (QED) is 0.394. The standard InChI is InChI=1S/C7H12O3/c1-3-4-6(8)5-7(9)10-2/h4-5,8-9H,3H2,1-2H3/p-2/b6-4-,7-5+. The van der Waals surface area contributed by atoms with Crippen LogP contribution in [-0.2, 0) is 4.74 Å². The van der Waals surface area contributed by atoms with Gasteiger partial charge in [0.15, 0.2) is 0 Å². The lowest BCUT2D eigenvalue weighted by Crippen LogP contribution is -2.09. The molecule has 0 aromatic carbocycles. The molecule has 0 radical (unpaired) electrons. The molecular weight excluding hydrogens is 132 g/mol. The second kappa shape index (κ2) is 4.73. The third kappa shape index (κ3) is 3.83. The summed E-state index contributed by atoms with van der Waals surface area (Å²) in [6.07, 6.45) is 2.97.